The molecule has 3 rings (SSSR count). The second kappa shape index (κ2) is 8.38. The zero-order chi connectivity index (χ0) is 18.5. The number of carboxylic acids is 1. The summed E-state index contributed by atoms with van der Waals surface area (Å²) in [7, 11) is 0. The Hall–Kier alpha value is -2.31. The van der Waals surface area contributed by atoms with Crippen molar-refractivity contribution in [2.45, 2.75) is 31.8 Å². The molecule has 1 atom stereocenters. The number of carboxylic acid groups (broad SMARTS) is 1. The average molecular weight is 377 g/mol. The van der Waals surface area contributed by atoms with Crippen molar-refractivity contribution in [2.24, 2.45) is 0 Å². The Morgan fingerprint density at radius 1 is 1.19 bits per heavy atom. The largest absolute Gasteiger partial charge is 0.480 e. The predicted octanol–water partition coefficient (Wildman–Crippen LogP) is 3.16. The molecule has 1 fully saturated rings. The van der Waals surface area contributed by atoms with Crippen LogP contribution in [0.25, 0.3) is 11.3 Å². The molecule has 1 amide bonds. The molecule has 138 valence electrons. The van der Waals surface area contributed by atoms with Gasteiger partial charge in [-0.25, -0.2) is 0 Å². The van der Waals surface area contributed by atoms with Crippen LogP contribution in [0, 0.1) is 0 Å². The van der Waals surface area contributed by atoms with Crippen LogP contribution in [-0.4, -0.2) is 41.0 Å². The van der Waals surface area contributed by atoms with E-state index in [0.29, 0.717) is 29.5 Å². The summed E-state index contributed by atoms with van der Waals surface area (Å²) in [4.78, 5) is 25.2. The average Bonchev–Trinajstić information content (AvgIpc) is 3.10. The third-order valence-corrected chi connectivity index (χ3v) is 4.75. The third-order valence-electron chi connectivity index (χ3n) is 4.50. The highest BCUT2D eigenvalue weighted by molar-refractivity contribution is 6.30. The van der Waals surface area contributed by atoms with Crippen molar-refractivity contribution in [2.75, 3.05) is 13.1 Å². The van der Waals surface area contributed by atoms with Gasteiger partial charge < -0.3 is 14.8 Å². The van der Waals surface area contributed by atoms with E-state index in [9.17, 15) is 14.7 Å². The van der Waals surface area contributed by atoms with Crippen molar-refractivity contribution in [3.63, 3.8) is 0 Å². The smallest absolute Gasteiger partial charge is 0.320 e. The van der Waals surface area contributed by atoms with E-state index in [1.165, 1.54) is 0 Å². The third kappa shape index (κ3) is 4.65. The maximum atomic E-state index is 12.2. The Morgan fingerprint density at radius 2 is 1.96 bits per heavy atom. The fourth-order valence-electron chi connectivity index (χ4n) is 3.13. The minimum Gasteiger partial charge on any atom is -0.480 e. The van der Waals surface area contributed by atoms with Crippen molar-refractivity contribution >= 4 is 23.5 Å². The van der Waals surface area contributed by atoms with Crippen molar-refractivity contribution < 1.29 is 19.1 Å². The first-order chi connectivity index (χ1) is 12.5. The first-order valence-electron chi connectivity index (χ1n) is 8.61. The SMILES string of the molecule is O=C(CN1CCCCC1C(=O)O)NCc1ccc(-c2ccc(Cl)cc2)o1. The van der Waals surface area contributed by atoms with Crippen LogP contribution in [0.15, 0.2) is 40.8 Å². The molecule has 1 aromatic heterocycles. The lowest BCUT2D eigenvalue weighted by Gasteiger charge is -2.32. The van der Waals surface area contributed by atoms with Crippen molar-refractivity contribution in [1.29, 1.82) is 0 Å². The van der Waals surface area contributed by atoms with Gasteiger partial charge in [-0.15, -0.1) is 0 Å². The molecule has 2 N–H and O–H groups in total. The van der Waals surface area contributed by atoms with Gasteiger partial charge in [-0.2, -0.15) is 0 Å². The van der Waals surface area contributed by atoms with Gasteiger partial charge in [0.25, 0.3) is 0 Å². The summed E-state index contributed by atoms with van der Waals surface area (Å²) in [5, 5.41) is 12.7. The van der Waals surface area contributed by atoms with Crippen molar-refractivity contribution in [1.82, 2.24) is 10.2 Å². The van der Waals surface area contributed by atoms with Crippen LogP contribution in [0.1, 0.15) is 25.0 Å². The zero-order valence-corrected chi connectivity index (χ0v) is 15.0. The lowest BCUT2D eigenvalue weighted by molar-refractivity contribution is -0.145. The Kier molecular flexibility index (Phi) is 5.96. The summed E-state index contributed by atoms with van der Waals surface area (Å²) in [6.07, 6.45) is 2.39. The molecule has 6 nitrogen and oxygen atoms in total. The molecule has 1 aromatic carbocycles. The number of aliphatic carboxylic acids is 1. The number of benzene rings is 1. The number of furan rings is 1. The molecule has 1 aliphatic heterocycles. The maximum absolute atomic E-state index is 12.2. The Labute approximate surface area is 156 Å². The number of hydrogen-bond acceptors (Lipinski definition) is 4. The van der Waals surface area contributed by atoms with E-state index in [1.54, 1.807) is 17.0 Å². The Balaban J connectivity index is 1.53. The van der Waals surface area contributed by atoms with Crippen LogP contribution >= 0.6 is 11.6 Å². The normalized spacial score (nSPS) is 17.8. The highest BCUT2D eigenvalue weighted by atomic mass is 35.5. The summed E-state index contributed by atoms with van der Waals surface area (Å²) in [5.74, 6) is 0.267. The van der Waals surface area contributed by atoms with E-state index >= 15 is 0 Å². The summed E-state index contributed by atoms with van der Waals surface area (Å²) in [6.45, 7) is 0.978. The number of halogens is 1. The summed E-state index contributed by atoms with van der Waals surface area (Å²) in [5.41, 5.74) is 0.907. The number of nitrogens with zero attached hydrogens (tertiary/aromatic N) is 1. The van der Waals surface area contributed by atoms with Crippen LogP contribution < -0.4 is 5.32 Å². The molecule has 26 heavy (non-hydrogen) atoms. The molecule has 1 saturated heterocycles. The molecule has 2 heterocycles. The van der Waals surface area contributed by atoms with E-state index in [-0.39, 0.29) is 19.0 Å². The Bertz CT molecular complexity index is 772. The van der Waals surface area contributed by atoms with Crippen molar-refractivity contribution in [3.8, 4) is 11.3 Å². The molecular formula is C19H21ClN2O4. The number of likely N-dealkylation sites (tertiary alicyclic amines) is 1. The van der Waals surface area contributed by atoms with E-state index in [0.717, 1.165) is 18.4 Å². The van der Waals surface area contributed by atoms with Gasteiger partial charge in [0, 0.05) is 10.6 Å². The molecule has 1 unspecified atom stereocenters. The number of piperidine rings is 1. The summed E-state index contributed by atoms with van der Waals surface area (Å²) < 4.78 is 5.74. The van der Waals surface area contributed by atoms with Gasteiger partial charge in [0.15, 0.2) is 0 Å². The molecule has 1 aliphatic rings. The number of carbonyl (C=O) groups excluding carboxylic acids is 1. The van der Waals surface area contributed by atoms with Gasteiger partial charge in [0.1, 0.15) is 17.6 Å². The predicted molar refractivity (Wildman–Crippen MR) is 97.8 cm³/mol. The van der Waals surface area contributed by atoms with E-state index in [1.807, 2.05) is 24.3 Å². The van der Waals surface area contributed by atoms with Gasteiger partial charge >= 0.3 is 5.97 Å². The zero-order valence-electron chi connectivity index (χ0n) is 14.3. The van der Waals surface area contributed by atoms with E-state index in [2.05, 4.69) is 5.32 Å². The van der Waals surface area contributed by atoms with Crippen LogP contribution in [-0.2, 0) is 16.1 Å². The Morgan fingerprint density at radius 3 is 2.69 bits per heavy atom. The van der Waals surface area contributed by atoms with Gasteiger partial charge in [0.2, 0.25) is 5.91 Å². The van der Waals surface area contributed by atoms with Gasteiger partial charge in [-0.3, -0.25) is 14.5 Å². The minimum atomic E-state index is -0.865. The number of hydrogen-bond donors (Lipinski definition) is 2. The molecule has 0 bridgehead atoms. The molecule has 0 spiro atoms. The standard InChI is InChI=1S/C19H21ClN2O4/c20-14-6-4-13(5-7-14)17-9-8-15(26-17)11-21-18(23)12-22-10-2-1-3-16(22)19(24)25/h4-9,16H,1-3,10-12H2,(H,21,23)(H,24,25). The monoisotopic (exact) mass is 376 g/mol. The molecular weight excluding hydrogens is 356 g/mol. The van der Waals surface area contributed by atoms with Crippen molar-refractivity contribution in [3.05, 3.63) is 47.2 Å². The first kappa shape index (κ1) is 18.5. The van der Waals surface area contributed by atoms with Crippen LogP contribution in [0.5, 0.6) is 0 Å². The number of amides is 1. The molecule has 0 saturated carbocycles. The highest BCUT2D eigenvalue weighted by Gasteiger charge is 2.29. The molecule has 2 aromatic rings. The number of carbonyl (C=O) groups is 2. The van der Waals surface area contributed by atoms with E-state index < -0.39 is 12.0 Å². The first-order valence-corrected chi connectivity index (χ1v) is 8.99. The summed E-state index contributed by atoms with van der Waals surface area (Å²) >= 11 is 5.88. The number of rotatable bonds is 6. The van der Waals surface area contributed by atoms with E-state index in [4.69, 9.17) is 16.0 Å². The maximum Gasteiger partial charge on any atom is 0.320 e. The van der Waals surface area contributed by atoms with Crippen LogP contribution in [0.3, 0.4) is 0 Å². The number of nitrogens with one attached hydrogen (secondary N) is 1. The minimum absolute atomic E-state index is 0.0850. The lowest BCUT2D eigenvalue weighted by Crippen LogP contribution is -2.48. The molecule has 0 radical (unpaired) electrons. The summed E-state index contributed by atoms with van der Waals surface area (Å²) in [6, 6.07) is 10.4. The van der Waals surface area contributed by atoms with Gasteiger partial charge in [-0.05, 0) is 55.8 Å². The van der Waals surface area contributed by atoms with Gasteiger partial charge in [0.05, 0.1) is 13.1 Å². The quantitative estimate of drug-likeness (QED) is 0.809. The fourth-order valence-corrected chi connectivity index (χ4v) is 3.25. The fraction of sp³-hybridized carbons (Fsp3) is 0.368. The topological polar surface area (TPSA) is 82.8 Å². The second-order valence-corrected chi connectivity index (χ2v) is 6.81. The van der Waals surface area contributed by atoms with Gasteiger partial charge in [-0.1, -0.05) is 18.0 Å². The second-order valence-electron chi connectivity index (χ2n) is 6.37. The highest BCUT2D eigenvalue weighted by Crippen LogP contribution is 2.23. The van der Waals surface area contributed by atoms with Crippen LogP contribution in [0.4, 0.5) is 0 Å². The molecule has 0 aliphatic carbocycles. The van der Waals surface area contributed by atoms with Crippen LogP contribution in [0.2, 0.25) is 5.02 Å². The lowest BCUT2D eigenvalue weighted by atomic mass is 10.0. The molecule has 7 heteroatoms.